The molecule has 4 nitrogen and oxygen atoms in total. The summed E-state index contributed by atoms with van der Waals surface area (Å²) in [5.41, 5.74) is 1.46. The first kappa shape index (κ1) is 12.7. The van der Waals surface area contributed by atoms with Crippen LogP contribution in [-0.2, 0) is 19.1 Å². The van der Waals surface area contributed by atoms with E-state index in [2.05, 4.69) is 6.58 Å². The van der Waals surface area contributed by atoms with Crippen LogP contribution >= 0.6 is 0 Å². The predicted octanol–water partition coefficient (Wildman–Crippen LogP) is 1.74. The Morgan fingerprint density at radius 2 is 1.78 bits per heavy atom. The number of rotatable bonds is 4. The fraction of sp³-hybridized carbons (Fsp3) is 0.500. The van der Waals surface area contributed by atoms with Crippen molar-refractivity contribution in [2.75, 3.05) is 6.61 Å². The Morgan fingerprint density at radius 3 is 2.28 bits per heavy atom. The highest BCUT2D eigenvalue weighted by Crippen LogP contribution is 2.36. The molecule has 0 atom stereocenters. The molecule has 0 N–H and O–H groups in total. The van der Waals surface area contributed by atoms with E-state index in [4.69, 9.17) is 4.74 Å². The number of esters is 1. The summed E-state index contributed by atoms with van der Waals surface area (Å²) in [6.07, 6.45) is 4.77. The monoisotopic (exact) mass is 248 g/mol. The van der Waals surface area contributed by atoms with Gasteiger partial charge in [-0.25, -0.2) is 4.79 Å². The van der Waals surface area contributed by atoms with Crippen molar-refractivity contribution in [2.24, 2.45) is 5.92 Å². The van der Waals surface area contributed by atoms with Gasteiger partial charge in [-0.2, -0.15) is 0 Å². The average Bonchev–Trinajstić information content (AvgIpc) is 2.64. The molecule has 2 rings (SSSR count). The van der Waals surface area contributed by atoms with Gasteiger partial charge in [0.15, 0.2) is 11.6 Å². The van der Waals surface area contributed by atoms with Gasteiger partial charge in [-0.3, -0.25) is 9.59 Å². The summed E-state index contributed by atoms with van der Waals surface area (Å²) in [7, 11) is 0. The Labute approximate surface area is 106 Å². The van der Waals surface area contributed by atoms with Gasteiger partial charge < -0.3 is 4.74 Å². The van der Waals surface area contributed by atoms with E-state index in [1.807, 2.05) is 0 Å². The van der Waals surface area contributed by atoms with E-state index in [1.165, 1.54) is 0 Å². The molecule has 0 spiro atoms. The second kappa shape index (κ2) is 5.29. The minimum atomic E-state index is -0.620. The summed E-state index contributed by atoms with van der Waals surface area (Å²) in [4.78, 5) is 35.0. The van der Waals surface area contributed by atoms with Gasteiger partial charge in [-0.1, -0.05) is 6.58 Å². The molecule has 18 heavy (non-hydrogen) atoms. The highest BCUT2D eigenvalue weighted by atomic mass is 16.5. The van der Waals surface area contributed by atoms with Gasteiger partial charge in [-0.05, 0) is 32.1 Å². The number of allylic oxidation sites excluding steroid dienone is 2. The molecule has 0 saturated carbocycles. The molecule has 96 valence electrons. The van der Waals surface area contributed by atoms with E-state index >= 15 is 0 Å². The standard InChI is InChI=1S/C14H16O4/c1-2-12(15)18-8-7-11-13(16)9-5-3-4-6-10(9)14(11)17/h2,11H,1,3-8H2. The Morgan fingerprint density at radius 1 is 1.22 bits per heavy atom. The van der Waals surface area contributed by atoms with Crippen LogP contribution in [0.25, 0.3) is 0 Å². The Kier molecular flexibility index (Phi) is 3.75. The summed E-state index contributed by atoms with van der Waals surface area (Å²) in [5.74, 6) is -1.25. The predicted molar refractivity (Wildman–Crippen MR) is 64.8 cm³/mol. The average molecular weight is 248 g/mol. The van der Waals surface area contributed by atoms with Crippen molar-refractivity contribution in [2.45, 2.75) is 32.1 Å². The second-order valence-corrected chi connectivity index (χ2v) is 4.61. The second-order valence-electron chi connectivity index (χ2n) is 4.61. The zero-order chi connectivity index (χ0) is 13.1. The van der Waals surface area contributed by atoms with Crippen LogP contribution in [0.2, 0.25) is 0 Å². The summed E-state index contributed by atoms with van der Waals surface area (Å²) in [6.45, 7) is 3.37. The maximum atomic E-state index is 12.1. The van der Waals surface area contributed by atoms with Crippen molar-refractivity contribution < 1.29 is 19.1 Å². The SMILES string of the molecule is C=CC(=O)OCCC1C(=O)C2=C(CCCC2)C1=O. The van der Waals surface area contributed by atoms with Crippen molar-refractivity contribution >= 4 is 17.5 Å². The molecule has 4 heteroatoms. The summed E-state index contributed by atoms with van der Waals surface area (Å²) in [5, 5.41) is 0. The van der Waals surface area contributed by atoms with E-state index in [-0.39, 0.29) is 24.6 Å². The van der Waals surface area contributed by atoms with E-state index < -0.39 is 11.9 Å². The summed E-state index contributed by atoms with van der Waals surface area (Å²) < 4.78 is 4.82. The third-order valence-corrected chi connectivity index (χ3v) is 3.51. The van der Waals surface area contributed by atoms with Crippen molar-refractivity contribution in [1.82, 2.24) is 0 Å². The quantitative estimate of drug-likeness (QED) is 0.432. The van der Waals surface area contributed by atoms with Crippen LogP contribution in [0.4, 0.5) is 0 Å². The van der Waals surface area contributed by atoms with Gasteiger partial charge in [0.1, 0.15) is 0 Å². The van der Waals surface area contributed by atoms with E-state index in [9.17, 15) is 14.4 Å². The molecule has 0 saturated heterocycles. The number of hydrogen-bond acceptors (Lipinski definition) is 4. The van der Waals surface area contributed by atoms with E-state index in [0.29, 0.717) is 0 Å². The summed E-state index contributed by atoms with van der Waals surface area (Å²) in [6, 6.07) is 0. The molecule has 0 aliphatic heterocycles. The lowest BCUT2D eigenvalue weighted by molar-refractivity contribution is -0.139. The van der Waals surface area contributed by atoms with Gasteiger partial charge in [0.2, 0.25) is 0 Å². The zero-order valence-corrected chi connectivity index (χ0v) is 10.2. The molecular formula is C14H16O4. The number of ketones is 2. The molecule has 0 bridgehead atoms. The van der Waals surface area contributed by atoms with Crippen LogP contribution in [0.3, 0.4) is 0 Å². The van der Waals surface area contributed by atoms with Gasteiger partial charge in [-0.15, -0.1) is 0 Å². The van der Waals surface area contributed by atoms with Gasteiger partial charge >= 0.3 is 5.97 Å². The third-order valence-electron chi connectivity index (χ3n) is 3.51. The Hall–Kier alpha value is -1.71. The van der Waals surface area contributed by atoms with Crippen LogP contribution in [-0.4, -0.2) is 24.1 Å². The molecule has 0 aromatic rings. The Balaban J connectivity index is 1.96. The van der Waals surface area contributed by atoms with Crippen LogP contribution in [0, 0.1) is 5.92 Å². The molecule has 0 radical (unpaired) electrons. The molecule has 0 amide bonds. The van der Waals surface area contributed by atoms with Crippen molar-refractivity contribution in [3.05, 3.63) is 23.8 Å². The number of carbonyl (C=O) groups is 3. The lowest BCUT2D eigenvalue weighted by Gasteiger charge is -2.10. The smallest absolute Gasteiger partial charge is 0.330 e. The molecule has 0 aromatic heterocycles. The number of carbonyl (C=O) groups excluding carboxylic acids is 3. The largest absolute Gasteiger partial charge is 0.463 e. The minimum absolute atomic E-state index is 0.0515. The highest BCUT2D eigenvalue weighted by molar-refractivity contribution is 6.24. The van der Waals surface area contributed by atoms with Gasteiger partial charge in [0, 0.05) is 17.2 Å². The fourth-order valence-corrected chi connectivity index (χ4v) is 2.59. The first-order valence-electron chi connectivity index (χ1n) is 6.24. The van der Waals surface area contributed by atoms with E-state index in [0.717, 1.165) is 42.9 Å². The van der Waals surface area contributed by atoms with Crippen molar-refractivity contribution in [3.63, 3.8) is 0 Å². The Bertz CT molecular complexity index is 417. The van der Waals surface area contributed by atoms with Crippen molar-refractivity contribution in [3.8, 4) is 0 Å². The first-order chi connectivity index (χ1) is 8.65. The summed E-state index contributed by atoms with van der Waals surface area (Å²) >= 11 is 0. The van der Waals surface area contributed by atoms with Crippen LogP contribution in [0.5, 0.6) is 0 Å². The molecule has 0 unspecified atom stereocenters. The lowest BCUT2D eigenvalue weighted by Crippen LogP contribution is -2.20. The molecule has 2 aliphatic carbocycles. The van der Waals surface area contributed by atoms with Crippen LogP contribution in [0.1, 0.15) is 32.1 Å². The number of Topliss-reactive ketones (excluding diaryl/α,β-unsaturated/α-hetero) is 2. The molecule has 0 fully saturated rings. The molecule has 0 aromatic carbocycles. The van der Waals surface area contributed by atoms with Crippen molar-refractivity contribution in [1.29, 1.82) is 0 Å². The molecule has 2 aliphatic rings. The highest BCUT2D eigenvalue weighted by Gasteiger charge is 2.40. The molecular weight excluding hydrogens is 232 g/mol. The number of ether oxygens (including phenoxy) is 1. The third kappa shape index (κ3) is 2.28. The first-order valence-corrected chi connectivity index (χ1v) is 6.24. The number of hydrogen-bond donors (Lipinski definition) is 0. The minimum Gasteiger partial charge on any atom is -0.463 e. The zero-order valence-electron chi connectivity index (χ0n) is 10.2. The maximum Gasteiger partial charge on any atom is 0.330 e. The van der Waals surface area contributed by atoms with Crippen LogP contribution in [0.15, 0.2) is 23.8 Å². The fourth-order valence-electron chi connectivity index (χ4n) is 2.59. The van der Waals surface area contributed by atoms with Gasteiger partial charge in [0.25, 0.3) is 0 Å². The lowest BCUT2D eigenvalue weighted by atomic mass is 9.93. The van der Waals surface area contributed by atoms with Gasteiger partial charge in [0.05, 0.1) is 12.5 Å². The maximum absolute atomic E-state index is 12.1. The normalized spacial score (nSPS) is 20.0. The topological polar surface area (TPSA) is 60.4 Å². The van der Waals surface area contributed by atoms with Crippen LogP contribution < -0.4 is 0 Å². The molecule has 0 heterocycles. The van der Waals surface area contributed by atoms with E-state index in [1.54, 1.807) is 0 Å².